The van der Waals surface area contributed by atoms with Gasteiger partial charge in [-0.3, -0.25) is 4.79 Å². The molecule has 1 amide bonds. The first-order valence-electron chi connectivity index (χ1n) is 6.38. The van der Waals surface area contributed by atoms with Crippen molar-refractivity contribution in [1.29, 1.82) is 0 Å². The summed E-state index contributed by atoms with van der Waals surface area (Å²) >= 11 is 0. The van der Waals surface area contributed by atoms with Crippen LogP contribution < -0.4 is 10.6 Å². The highest BCUT2D eigenvalue weighted by Gasteiger charge is 2.32. The number of rotatable bonds is 4. The van der Waals surface area contributed by atoms with E-state index >= 15 is 0 Å². The molecule has 0 saturated carbocycles. The topological polar surface area (TPSA) is 84.9 Å². The Kier molecular flexibility index (Phi) is 4.55. The van der Waals surface area contributed by atoms with Crippen molar-refractivity contribution in [1.82, 2.24) is 4.31 Å². The van der Waals surface area contributed by atoms with Gasteiger partial charge in [0, 0.05) is 0 Å². The van der Waals surface area contributed by atoms with Gasteiger partial charge in [-0.25, -0.2) is 17.2 Å². The van der Waals surface area contributed by atoms with E-state index in [1.807, 2.05) is 0 Å². The van der Waals surface area contributed by atoms with Crippen molar-refractivity contribution in [2.24, 2.45) is 5.73 Å². The molecule has 0 atom stereocenters. The summed E-state index contributed by atoms with van der Waals surface area (Å²) < 4.78 is 52.5. The van der Waals surface area contributed by atoms with Crippen LogP contribution in [0.3, 0.4) is 0 Å². The van der Waals surface area contributed by atoms with Gasteiger partial charge >= 0.3 is 0 Å². The number of nitrogens with zero attached hydrogens (tertiary/aromatic N) is 1. The third-order valence-corrected chi connectivity index (χ3v) is 5.28. The number of halogens is 2. The maximum absolute atomic E-state index is 13.6. The van der Waals surface area contributed by atoms with Crippen LogP contribution in [0.5, 0.6) is 0 Å². The molecule has 0 aromatic heterocycles. The lowest BCUT2D eigenvalue weighted by molar-refractivity contribution is -0.895. The van der Waals surface area contributed by atoms with Crippen LogP contribution in [0.15, 0.2) is 23.1 Å². The highest BCUT2D eigenvalue weighted by atomic mass is 32.2. The zero-order valence-electron chi connectivity index (χ0n) is 11.2. The number of primary amides is 1. The van der Waals surface area contributed by atoms with Crippen molar-refractivity contribution >= 4 is 15.9 Å². The van der Waals surface area contributed by atoms with Crippen LogP contribution in [-0.4, -0.2) is 51.4 Å². The number of hydrogen-bond donors (Lipinski definition) is 2. The van der Waals surface area contributed by atoms with Crippen LogP contribution in [0.1, 0.15) is 0 Å². The first-order chi connectivity index (χ1) is 9.80. The SMILES string of the molecule is NC(=O)C[NH+]1CCN(S(=O)(=O)c2cc(F)ccc2F)CC1. The Labute approximate surface area is 121 Å². The Morgan fingerprint density at radius 1 is 1.29 bits per heavy atom. The molecular formula is C12H16F2N3O3S+. The minimum Gasteiger partial charge on any atom is -0.365 e. The molecular weight excluding hydrogens is 304 g/mol. The quantitative estimate of drug-likeness (QED) is 0.696. The lowest BCUT2D eigenvalue weighted by Crippen LogP contribution is -3.15. The maximum Gasteiger partial charge on any atom is 0.272 e. The first kappa shape index (κ1) is 15.8. The standard InChI is InChI=1S/C12H15F2N3O3S/c13-9-1-2-10(14)11(7-9)21(19,20)17-5-3-16(4-6-17)8-12(15)18/h1-2,7H,3-6,8H2,(H2,15,18)/p+1. The lowest BCUT2D eigenvalue weighted by atomic mass is 10.3. The zero-order valence-corrected chi connectivity index (χ0v) is 12.0. The van der Waals surface area contributed by atoms with Crippen LogP contribution in [-0.2, 0) is 14.8 Å². The molecule has 116 valence electrons. The Morgan fingerprint density at radius 2 is 1.90 bits per heavy atom. The van der Waals surface area contributed by atoms with Gasteiger partial charge in [-0.2, -0.15) is 4.31 Å². The van der Waals surface area contributed by atoms with Gasteiger partial charge in [0.2, 0.25) is 10.0 Å². The van der Waals surface area contributed by atoms with Gasteiger partial charge in [0.15, 0.2) is 6.54 Å². The van der Waals surface area contributed by atoms with Gasteiger partial charge < -0.3 is 10.6 Å². The van der Waals surface area contributed by atoms with Crippen molar-refractivity contribution in [3.8, 4) is 0 Å². The summed E-state index contributed by atoms with van der Waals surface area (Å²) in [5.41, 5.74) is 5.09. The molecule has 1 aromatic rings. The number of nitrogens with one attached hydrogen (secondary N) is 1. The highest BCUT2D eigenvalue weighted by Crippen LogP contribution is 2.20. The number of carbonyl (C=O) groups excluding carboxylic acids is 1. The molecule has 0 bridgehead atoms. The molecule has 1 aliphatic rings. The van der Waals surface area contributed by atoms with Gasteiger partial charge in [-0.05, 0) is 18.2 Å². The third kappa shape index (κ3) is 3.55. The number of benzene rings is 1. The second-order valence-corrected chi connectivity index (χ2v) is 6.78. The van der Waals surface area contributed by atoms with Gasteiger partial charge in [0.05, 0.1) is 26.2 Å². The van der Waals surface area contributed by atoms with Crippen LogP contribution in [0.4, 0.5) is 8.78 Å². The lowest BCUT2D eigenvalue weighted by Gasteiger charge is -2.30. The molecule has 2 rings (SSSR count). The minimum absolute atomic E-state index is 0.126. The molecule has 1 fully saturated rings. The van der Waals surface area contributed by atoms with Gasteiger partial charge in [0.1, 0.15) is 16.5 Å². The number of piperazine rings is 1. The molecule has 0 unspecified atom stereocenters. The fourth-order valence-electron chi connectivity index (χ4n) is 2.28. The summed E-state index contributed by atoms with van der Waals surface area (Å²) in [6.45, 7) is 1.15. The summed E-state index contributed by atoms with van der Waals surface area (Å²) in [4.78, 5) is 11.0. The van der Waals surface area contributed by atoms with E-state index in [4.69, 9.17) is 5.73 Å². The average Bonchev–Trinajstić information content (AvgIpc) is 2.41. The summed E-state index contributed by atoms with van der Waals surface area (Å²) in [6, 6.07) is 2.33. The summed E-state index contributed by atoms with van der Waals surface area (Å²) in [5, 5.41) is 0. The molecule has 21 heavy (non-hydrogen) atoms. The number of hydrogen-bond acceptors (Lipinski definition) is 3. The fourth-order valence-corrected chi connectivity index (χ4v) is 3.80. The van der Waals surface area contributed by atoms with Crippen molar-refractivity contribution in [3.05, 3.63) is 29.8 Å². The van der Waals surface area contributed by atoms with Gasteiger partial charge in [-0.15, -0.1) is 0 Å². The van der Waals surface area contributed by atoms with Gasteiger partial charge in [-0.1, -0.05) is 0 Å². The minimum atomic E-state index is -4.08. The van der Waals surface area contributed by atoms with E-state index < -0.39 is 32.5 Å². The van der Waals surface area contributed by atoms with Crippen molar-refractivity contribution < 1.29 is 26.9 Å². The average molecular weight is 320 g/mol. The molecule has 0 aliphatic carbocycles. The molecule has 1 aromatic carbocycles. The van der Waals surface area contributed by atoms with Crippen molar-refractivity contribution in [2.45, 2.75) is 4.90 Å². The molecule has 9 heteroatoms. The second-order valence-electron chi connectivity index (χ2n) is 4.87. The van der Waals surface area contributed by atoms with E-state index in [2.05, 4.69) is 0 Å². The highest BCUT2D eigenvalue weighted by molar-refractivity contribution is 7.89. The molecule has 1 saturated heterocycles. The summed E-state index contributed by atoms with van der Waals surface area (Å²) in [5.74, 6) is -2.26. The van der Waals surface area contributed by atoms with Crippen molar-refractivity contribution in [3.63, 3.8) is 0 Å². The van der Waals surface area contributed by atoms with Gasteiger partial charge in [0.25, 0.3) is 5.91 Å². The predicted octanol–water partition coefficient (Wildman–Crippen LogP) is -1.66. The molecule has 1 aliphatic heterocycles. The molecule has 0 spiro atoms. The number of sulfonamides is 1. The Balaban J connectivity index is 2.15. The Hall–Kier alpha value is -1.58. The first-order valence-corrected chi connectivity index (χ1v) is 7.82. The Bertz CT molecular complexity index is 643. The number of nitrogens with two attached hydrogens (primary N) is 1. The number of quaternary nitrogens is 1. The van der Waals surface area contributed by atoms with E-state index in [0.29, 0.717) is 19.2 Å². The van der Waals surface area contributed by atoms with E-state index in [1.54, 1.807) is 0 Å². The van der Waals surface area contributed by atoms with E-state index in [9.17, 15) is 22.0 Å². The maximum atomic E-state index is 13.6. The number of carbonyl (C=O) groups is 1. The van der Waals surface area contributed by atoms with Crippen LogP contribution >= 0.6 is 0 Å². The normalized spacial score (nSPS) is 17.8. The van der Waals surface area contributed by atoms with Crippen molar-refractivity contribution in [2.75, 3.05) is 32.7 Å². The van der Waals surface area contributed by atoms with Crippen LogP contribution in [0, 0.1) is 11.6 Å². The number of amides is 1. The predicted molar refractivity (Wildman–Crippen MR) is 69.9 cm³/mol. The molecule has 0 radical (unpaired) electrons. The smallest absolute Gasteiger partial charge is 0.272 e. The zero-order chi connectivity index (χ0) is 15.6. The second kappa shape index (κ2) is 6.04. The van der Waals surface area contributed by atoms with E-state index in [-0.39, 0.29) is 19.6 Å². The summed E-state index contributed by atoms with van der Waals surface area (Å²) in [6.07, 6.45) is 0. The molecule has 6 nitrogen and oxygen atoms in total. The Morgan fingerprint density at radius 3 is 2.48 bits per heavy atom. The molecule has 3 N–H and O–H groups in total. The largest absolute Gasteiger partial charge is 0.365 e. The van der Waals surface area contributed by atoms with Crippen LogP contribution in [0.25, 0.3) is 0 Å². The van der Waals surface area contributed by atoms with E-state index in [1.165, 1.54) is 0 Å². The third-order valence-electron chi connectivity index (χ3n) is 3.36. The molecule has 1 heterocycles. The monoisotopic (exact) mass is 320 g/mol. The summed E-state index contributed by atoms with van der Waals surface area (Å²) in [7, 11) is -4.08. The van der Waals surface area contributed by atoms with Crippen LogP contribution in [0.2, 0.25) is 0 Å². The van der Waals surface area contributed by atoms with E-state index in [0.717, 1.165) is 21.3 Å². The fraction of sp³-hybridized carbons (Fsp3) is 0.417.